The summed E-state index contributed by atoms with van der Waals surface area (Å²) in [7, 11) is 0. The summed E-state index contributed by atoms with van der Waals surface area (Å²) >= 11 is 0. The lowest BCUT2D eigenvalue weighted by molar-refractivity contribution is 0.0923. The quantitative estimate of drug-likeness (QED) is 0.124. The van der Waals surface area contributed by atoms with Gasteiger partial charge in [0.2, 0.25) is 0 Å². The van der Waals surface area contributed by atoms with Gasteiger partial charge in [-0.2, -0.15) is 0 Å². The monoisotopic (exact) mass is 930 g/mol. The second-order valence-electron chi connectivity index (χ2n) is 20.3. The molecule has 0 saturated carbocycles. The number of nitrogens with zero attached hydrogens (tertiary/aromatic N) is 1. The molecule has 0 aromatic heterocycles. The van der Waals surface area contributed by atoms with Crippen molar-refractivity contribution in [1.29, 1.82) is 0 Å². The fourth-order valence-electron chi connectivity index (χ4n) is 11.4. The Morgan fingerprint density at radius 1 is 0.690 bits per heavy atom. The number of benzene rings is 7. The maximum atomic E-state index is 14.2. The lowest BCUT2D eigenvalue weighted by Crippen LogP contribution is -2.30. The van der Waals surface area contributed by atoms with Crippen LogP contribution in [0, 0.1) is 5.92 Å². The average Bonchev–Trinajstić information content (AvgIpc) is 3.99. The molecule has 0 saturated heterocycles. The van der Waals surface area contributed by atoms with Gasteiger partial charge in [0.25, 0.3) is 17.7 Å². The van der Waals surface area contributed by atoms with Crippen molar-refractivity contribution in [3.05, 3.63) is 254 Å². The van der Waals surface area contributed by atoms with Crippen molar-refractivity contribution in [1.82, 2.24) is 5.32 Å². The molecule has 4 aliphatic rings. The molecular formula is C65H58N2O4. The van der Waals surface area contributed by atoms with Crippen molar-refractivity contribution in [3.63, 3.8) is 0 Å². The van der Waals surface area contributed by atoms with E-state index in [9.17, 15) is 14.4 Å². The second-order valence-corrected chi connectivity index (χ2v) is 20.3. The molecule has 2 heterocycles. The smallest absolute Gasteiger partial charge is 0.266 e. The van der Waals surface area contributed by atoms with Crippen LogP contribution in [0.1, 0.15) is 148 Å². The number of allylic oxidation sites excluding steroid dienone is 4. The van der Waals surface area contributed by atoms with Crippen LogP contribution in [-0.4, -0.2) is 17.7 Å². The van der Waals surface area contributed by atoms with Crippen molar-refractivity contribution in [3.8, 4) is 16.9 Å². The molecule has 2 unspecified atom stereocenters. The van der Waals surface area contributed by atoms with Gasteiger partial charge in [-0.3, -0.25) is 14.4 Å². The summed E-state index contributed by atoms with van der Waals surface area (Å²) in [5, 5.41) is 3.07. The number of anilines is 1. The number of rotatable bonds is 12. The van der Waals surface area contributed by atoms with Gasteiger partial charge in [0, 0.05) is 16.8 Å². The Bertz CT molecular complexity index is 3340. The van der Waals surface area contributed by atoms with Crippen molar-refractivity contribution in [2.24, 2.45) is 5.92 Å². The van der Waals surface area contributed by atoms with Gasteiger partial charge in [0.05, 0.1) is 22.2 Å². The predicted molar refractivity (Wildman–Crippen MR) is 285 cm³/mol. The summed E-state index contributed by atoms with van der Waals surface area (Å²) in [4.78, 5) is 42.3. The molecule has 6 heteroatoms. The maximum absolute atomic E-state index is 14.2. The van der Waals surface area contributed by atoms with Gasteiger partial charge in [-0.1, -0.05) is 162 Å². The van der Waals surface area contributed by atoms with E-state index in [4.69, 9.17) is 4.74 Å². The molecule has 352 valence electrons. The van der Waals surface area contributed by atoms with Crippen LogP contribution in [0.5, 0.6) is 5.75 Å². The van der Waals surface area contributed by atoms with Crippen molar-refractivity contribution >= 4 is 29.1 Å². The van der Waals surface area contributed by atoms with Gasteiger partial charge in [-0.25, -0.2) is 4.90 Å². The first-order valence-corrected chi connectivity index (χ1v) is 25.1. The number of nitrogens with one attached hydrogen (secondary N) is 1. The van der Waals surface area contributed by atoms with Crippen LogP contribution in [0.25, 0.3) is 16.8 Å². The Labute approximate surface area is 417 Å². The van der Waals surface area contributed by atoms with E-state index in [1.54, 1.807) is 18.2 Å². The Hall–Kier alpha value is -7.83. The van der Waals surface area contributed by atoms with Crippen LogP contribution < -0.4 is 15.0 Å². The van der Waals surface area contributed by atoms with Gasteiger partial charge in [-0.15, -0.1) is 0 Å². The highest BCUT2D eigenvalue weighted by molar-refractivity contribution is 6.34. The first-order valence-electron chi connectivity index (χ1n) is 25.1. The minimum Gasteiger partial charge on any atom is -0.458 e. The second kappa shape index (κ2) is 17.8. The minimum atomic E-state index is -0.596. The molecule has 1 N–H and O–H groups in total. The zero-order valence-corrected chi connectivity index (χ0v) is 41.3. The van der Waals surface area contributed by atoms with Crippen molar-refractivity contribution < 1.29 is 19.1 Å². The number of carbonyl (C=O) groups excluding carboxylic acids is 3. The van der Waals surface area contributed by atoms with Crippen molar-refractivity contribution in [2.45, 2.75) is 84.0 Å². The lowest BCUT2D eigenvalue weighted by Gasteiger charge is -2.34. The summed E-state index contributed by atoms with van der Waals surface area (Å²) < 4.78 is 6.38. The van der Waals surface area contributed by atoms with E-state index < -0.39 is 5.41 Å². The molecule has 6 nitrogen and oxygen atoms in total. The topological polar surface area (TPSA) is 75.7 Å². The van der Waals surface area contributed by atoms with Crippen LogP contribution >= 0.6 is 0 Å². The van der Waals surface area contributed by atoms with Gasteiger partial charge in [0.15, 0.2) is 0 Å². The van der Waals surface area contributed by atoms with Gasteiger partial charge >= 0.3 is 0 Å². The van der Waals surface area contributed by atoms with Crippen LogP contribution in [-0.2, 0) is 17.3 Å². The molecule has 7 aromatic rings. The number of carbonyl (C=O) groups is 3. The molecule has 2 atom stereocenters. The molecule has 11 rings (SSSR count). The number of imide groups is 1. The zero-order valence-electron chi connectivity index (χ0n) is 41.3. The highest BCUT2D eigenvalue weighted by Crippen LogP contribution is 2.56. The largest absolute Gasteiger partial charge is 0.458 e. The van der Waals surface area contributed by atoms with E-state index in [1.165, 1.54) is 55.0 Å². The van der Waals surface area contributed by atoms with Crippen LogP contribution in [0.4, 0.5) is 5.69 Å². The Balaban J connectivity index is 0.783. The number of ether oxygens (including phenoxy) is 1. The molecule has 0 radical (unpaired) electrons. The lowest BCUT2D eigenvalue weighted by atomic mass is 9.67. The molecule has 7 aromatic carbocycles. The SMILES string of the molecule is CC/C(C)=C1/NC(=O)c2cc(Cc3ccc(C(C)(C)C4C=CC(Oc5ccc6c(c5)C(=O)N(c5ccc(C7(c8ccc(C(C)CC)cc8)c8ccccc8-c8ccccc87)cc5)C6=O)=CC4)cc3)ccc21. The third-order valence-corrected chi connectivity index (χ3v) is 16.0. The van der Waals surface area contributed by atoms with E-state index in [2.05, 4.69) is 180 Å². The molecule has 2 aliphatic carbocycles. The third kappa shape index (κ3) is 7.59. The molecule has 0 fully saturated rings. The van der Waals surface area contributed by atoms with Crippen LogP contribution in [0.2, 0.25) is 0 Å². The fourth-order valence-corrected chi connectivity index (χ4v) is 11.4. The normalized spacial score (nSPS) is 17.5. The van der Waals surface area contributed by atoms with Crippen LogP contribution in [0.3, 0.4) is 0 Å². The number of hydrogen-bond acceptors (Lipinski definition) is 4. The first-order chi connectivity index (χ1) is 34.4. The summed E-state index contributed by atoms with van der Waals surface area (Å²) in [6.45, 7) is 13.2. The minimum absolute atomic E-state index is 0.0282. The standard InChI is InChI=1S/C65H58N2O4/c1-7-40(3)44-20-24-47(25-21-44)65(58-15-11-9-13-52(58)53-14-10-12-16-59(53)65)48-26-30-49(31-27-48)67-62(69)55-36-34-51(39-57(55)63(67)70)71-50-32-28-46(29-33-50)64(5,6)45-22-17-42(18-23-45)37-43-19-35-54-56(38-43)61(68)66-60(54)41(4)8-2/h9-28,30-36,38-40,46H,7-8,29,37H2,1-6H3,(H,66,68)/b60-41+. The average molecular weight is 931 g/mol. The molecule has 3 amide bonds. The van der Waals surface area contributed by atoms with E-state index in [0.29, 0.717) is 34.2 Å². The molecule has 0 spiro atoms. The fraction of sp³-hybridized carbons (Fsp3) is 0.215. The Morgan fingerprint density at radius 2 is 1.31 bits per heavy atom. The van der Waals surface area contributed by atoms with E-state index in [-0.39, 0.29) is 29.1 Å². The zero-order chi connectivity index (χ0) is 49.2. The summed E-state index contributed by atoms with van der Waals surface area (Å²) in [5.74, 6) is 1.14. The highest BCUT2D eigenvalue weighted by Gasteiger charge is 2.46. The summed E-state index contributed by atoms with van der Waals surface area (Å²) in [6.07, 6.45) is 9.82. The maximum Gasteiger partial charge on any atom is 0.266 e. The molecular weight excluding hydrogens is 873 g/mol. The number of hydrogen-bond donors (Lipinski definition) is 1. The first kappa shape index (κ1) is 45.6. The van der Waals surface area contributed by atoms with E-state index in [0.717, 1.165) is 53.6 Å². The van der Waals surface area contributed by atoms with Crippen molar-refractivity contribution in [2.75, 3.05) is 4.90 Å². The van der Waals surface area contributed by atoms with Gasteiger partial charge in [-0.05, 0) is 160 Å². The highest BCUT2D eigenvalue weighted by atomic mass is 16.5. The Kier molecular flexibility index (Phi) is 11.5. The number of amides is 3. The van der Waals surface area contributed by atoms with E-state index in [1.807, 2.05) is 24.3 Å². The molecule has 2 aliphatic heterocycles. The van der Waals surface area contributed by atoms with Crippen LogP contribution in [0.15, 0.2) is 187 Å². The van der Waals surface area contributed by atoms with Gasteiger partial charge in [0.1, 0.15) is 11.5 Å². The summed E-state index contributed by atoms with van der Waals surface area (Å²) in [6, 6.07) is 54.6. The predicted octanol–water partition coefficient (Wildman–Crippen LogP) is 14.7. The third-order valence-electron chi connectivity index (χ3n) is 16.0. The summed E-state index contributed by atoms with van der Waals surface area (Å²) in [5.41, 5.74) is 16.3. The number of fused-ring (bicyclic) bond motifs is 5. The Morgan fingerprint density at radius 3 is 1.94 bits per heavy atom. The molecule has 71 heavy (non-hydrogen) atoms. The van der Waals surface area contributed by atoms with Gasteiger partial charge < -0.3 is 10.1 Å². The molecule has 0 bridgehead atoms. The van der Waals surface area contributed by atoms with E-state index >= 15 is 0 Å².